The third kappa shape index (κ3) is 4.35. The number of nitrogens with one attached hydrogen (secondary N) is 2. The molecule has 0 saturated heterocycles. The number of hydrogen-bond acceptors (Lipinski definition) is 5. The smallest absolute Gasteiger partial charge is 0.319 e. The molecule has 2 aromatic carbocycles. The number of carbonyl (C=O) groups is 1. The van der Waals surface area contributed by atoms with Crippen molar-refractivity contribution in [2.75, 3.05) is 18.5 Å². The lowest BCUT2D eigenvalue weighted by molar-refractivity contribution is 0.171. The fourth-order valence-corrected chi connectivity index (χ4v) is 2.74. The number of anilines is 1. The summed E-state index contributed by atoms with van der Waals surface area (Å²) in [4.78, 5) is 16.0. The molecule has 0 spiro atoms. The van der Waals surface area contributed by atoms with E-state index >= 15 is 0 Å². The highest BCUT2D eigenvalue weighted by atomic mass is 16.6. The summed E-state index contributed by atoms with van der Waals surface area (Å²) in [6.45, 7) is 2.14. The van der Waals surface area contributed by atoms with E-state index in [1.165, 1.54) is 6.33 Å². The van der Waals surface area contributed by atoms with Crippen molar-refractivity contribution in [2.24, 2.45) is 0 Å². The molecule has 0 radical (unpaired) electrons. The molecular weight excluding hydrogens is 346 g/mol. The Bertz CT molecular complexity index is 910. The Morgan fingerprint density at radius 2 is 1.81 bits per heavy atom. The molecule has 8 nitrogen and oxygen atoms in total. The van der Waals surface area contributed by atoms with Gasteiger partial charge in [-0.3, -0.25) is 0 Å². The van der Waals surface area contributed by atoms with Crippen LogP contribution in [0.2, 0.25) is 0 Å². The van der Waals surface area contributed by atoms with E-state index in [1.54, 1.807) is 29.2 Å². The van der Waals surface area contributed by atoms with Crippen molar-refractivity contribution < 1.29 is 14.3 Å². The number of urea groups is 1. The Morgan fingerprint density at radius 1 is 1.04 bits per heavy atom. The molecule has 8 heteroatoms. The summed E-state index contributed by atoms with van der Waals surface area (Å²) in [5.41, 5.74) is 2.78. The highest BCUT2D eigenvalue weighted by molar-refractivity contribution is 5.89. The number of benzene rings is 2. The van der Waals surface area contributed by atoms with E-state index in [2.05, 4.69) is 20.7 Å². The van der Waals surface area contributed by atoms with Gasteiger partial charge in [0.25, 0.3) is 0 Å². The van der Waals surface area contributed by atoms with Crippen LogP contribution in [0.4, 0.5) is 10.5 Å². The van der Waals surface area contributed by atoms with Crippen molar-refractivity contribution in [2.45, 2.75) is 13.1 Å². The van der Waals surface area contributed by atoms with Crippen LogP contribution in [0.25, 0.3) is 0 Å². The topological polar surface area (TPSA) is 90.3 Å². The van der Waals surface area contributed by atoms with Gasteiger partial charge in [0.2, 0.25) is 0 Å². The van der Waals surface area contributed by atoms with Crippen molar-refractivity contribution in [1.29, 1.82) is 0 Å². The first-order chi connectivity index (χ1) is 13.3. The monoisotopic (exact) mass is 365 g/mol. The first-order valence-corrected chi connectivity index (χ1v) is 8.61. The maximum atomic E-state index is 12.1. The van der Waals surface area contributed by atoms with Crippen LogP contribution in [0, 0.1) is 0 Å². The van der Waals surface area contributed by atoms with Gasteiger partial charge in [0, 0.05) is 18.3 Å². The van der Waals surface area contributed by atoms with Gasteiger partial charge in [-0.1, -0.05) is 24.3 Å². The van der Waals surface area contributed by atoms with Crippen molar-refractivity contribution in [1.82, 2.24) is 20.1 Å². The molecule has 1 aliphatic heterocycles. The summed E-state index contributed by atoms with van der Waals surface area (Å²) < 4.78 is 12.7. The second kappa shape index (κ2) is 7.77. The molecule has 27 heavy (non-hydrogen) atoms. The maximum absolute atomic E-state index is 12.1. The number of carbonyl (C=O) groups excluding carboxylic acids is 1. The number of rotatable bonds is 5. The minimum Gasteiger partial charge on any atom is -0.486 e. The molecule has 0 atom stereocenters. The number of aromatic nitrogens is 3. The van der Waals surface area contributed by atoms with Crippen LogP contribution in [-0.4, -0.2) is 34.0 Å². The average Bonchev–Trinajstić information content (AvgIpc) is 3.20. The van der Waals surface area contributed by atoms with E-state index in [4.69, 9.17) is 9.47 Å². The van der Waals surface area contributed by atoms with Gasteiger partial charge in [0.05, 0.1) is 6.54 Å². The lowest BCUT2D eigenvalue weighted by Crippen LogP contribution is -2.28. The highest BCUT2D eigenvalue weighted by Crippen LogP contribution is 2.32. The lowest BCUT2D eigenvalue weighted by Gasteiger charge is -2.19. The average molecular weight is 365 g/mol. The zero-order valence-electron chi connectivity index (χ0n) is 14.6. The van der Waals surface area contributed by atoms with E-state index in [0.717, 1.165) is 11.1 Å². The third-order valence-electron chi connectivity index (χ3n) is 4.09. The first kappa shape index (κ1) is 16.9. The summed E-state index contributed by atoms with van der Waals surface area (Å²) in [7, 11) is 0. The maximum Gasteiger partial charge on any atom is 0.319 e. The van der Waals surface area contributed by atoms with Crippen LogP contribution in [-0.2, 0) is 13.1 Å². The van der Waals surface area contributed by atoms with Crippen LogP contribution in [0.1, 0.15) is 11.1 Å². The molecule has 4 rings (SSSR count). The molecule has 2 heterocycles. The molecule has 3 aromatic rings. The molecule has 0 saturated carbocycles. The van der Waals surface area contributed by atoms with Gasteiger partial charge in [0.1, 0.15) is 25.9 Å². The summed E-state index contributed by atoms with van der Waals surface area (Å²) in [5, 5.41) is 9.73. The van der Waals surface area contributed by atoms with Crippen LogP contribution < -0.4 is 20.1 Å². The summed E-state index contributed by atoms with van der Waals surface area (Å²) >= 11 is 0. The van der Waals surface area contributed by atoms with Crippen LogP contribution in [0.3, 0.4) is 0 Å². The Labute approximate surface area is 156 Å². The second-order valence-electron chi connectivity index (χ2n) is 6.08. The van der Waals surface area contributed by atoms with Crippen molar-refractivity contribution in [3.63, 3.8) is 0 Å². The Hall–Kier alpha value is -3.55. The predicted octanol–water partition coefficient (Wildman–Crippen LogP) is 2.42. The Balaban J connectivity index is 1.29. The van der Waals surface area contributed by atoms with Crippen molar-refractivity contribution in [3.05, 3.63) is 66.2 Å². The molecule has 2 N–H and O–H groups in total. The number of hydrogen-bond donors (Lipinski definition) is 2. The molecule has 0 aliphatic carbocycles. The third-order valence-corrected chi connectivity index (χ3v) is 4.09. The molecule has 0 fully saturated rings. The van der Waals surface area contributed by atoms with Crippen LogP contribution in [0.5, 0.6) is 11.5 Å². The minimum absolute atomic E-state index is 0.279. The molecule has 1 aromatic heterocycles. The van der Waals surface area contributed by atoms with E-state index in [-0.39, 0.29) is 6.03 Å². The van der Waals surface area contributed by atoms with Gasteiger partial charge in [-0.2, -0.15) is 5.10 Å². The highest BCUT2D eigenvalue weighted by Gasteiger charge is 2.12. The van der Waals surface area contributed by atoms with E-state index in [0.29, 0.717) is 43.5 Å². The van der Waals surface area contributed by atoms with Gasteiger partial charge >= 0.3 is 6.03 Å². The first-order valence-electron chi connectivity index (χ1n) is 8.61. The van der Waals surface area contributed by atoms with Gasteiger partial charge in [-0.25, -0.2) is 14.5 Å². The summed E-state index contributed by atoms with van der Waals surface area (Å²) in [6, 6.07) is 13.0. The molecule has 138 valence electrons. The molecule has 0 bridgehead atoms. The van der Waals surface area contributed by atoms with Gasteiger partial charge in [0.15, 0.2) is 11.5 Å². The fourth-order valence-electron chi connectivity index (χ4n) is 2.74. The van der Waals surface area contributed by atoms with E-state index in [9.17, 15) is 4.79 Å². The predicted molar refractivity (Wildman–Crippen MR) is 98.9 cm³/mol. The van der Waals surface area contributed by atoms with Crippen molar-refractivity contribution >= 4 is 11.7 Å². The Morgan fingerprint density at radius 3 is 2.59 bits per heavy atom. The van der Waals surface area contributed by atoms with Gasteiger partial charge in [-0.15, -0.1) is 0 Å². The summed E-state index contributed by atoms with van der Waals surface area (Å²) in [5.74, 6) is 1.33. The van der Waals surface area contributed by atoms with Crippen LogP contribution in [0.15, 0.2) is 55.1 Å². The van der Waals surface area contributed by atoms with Gasteiger partial charge in [-0.05, 0) is 23.3 Å². The zero-order valence-corrected chi connectivity index (χ0v) is 14.6. The number of amides is 2. The SMILES string of the molecule is O=C(NCc1ccc(Cn2cncn2)cc1)Nc1ccc2c(c1)OCCO2. The van der Waals surface area contributed by atoms with Gasteiger partial charge < -0.3 is 20.1 Å². The Kier molecular flexibility index (Phi) is 4.86. The number of fused-ring (bicyclic) bond motifs is 1. The minimum atomic E-state index is -0.279. The lowest BCUT2D eigenvalue weighted by atomic mass is 10.1. The fraction of sp³-hybridized carbons (Fsp3) is 0.211. The second-order valence-corrected chi connectivity index (χ2v) is 6.08. The molecule has 0 unspecified atom stereocenters. The summed E-state index contributed by atoms with van der Waals surface area (Å²) in [6.07, 6.45) is 3.19. The van der Waals surface area contributed by atoms with E-state index < -0.39 is 0 Å². The largest absolute Gasteiger partial charge is 0.486 e. The standard InChI is InChI=1S/C19H19N5O3/c25-19(23-16-5-6-17-18(9-16)27-8-7-26-17)21-10-14-1-3-15(4-2-14)11-24-13-20-12-22-24/h1-6,9,12-13H,7-8,10-11H2,(H2,21,23,25). The van der Waals surface area contributed by atoms with Crippen molar-refractivity contribution in [3.8, 4) is 11.5 Å². The molecular formula is C19H19N5O3. The number of nitrogens with zero attached hydrogens (tertiary/aromatic N) is 3. The normalized spacial score (nSPS) is 12.4. The molecule has 2 amide bonds. The zero-order chi connectivity index (χ0) is 18.5. The van der Waals surface area contributed by atoms with Crippen LogP contribution >= 0.6 is 0 Å². The number of ether oxygens (including phenoxy) is 2. The quantitative estimate of drug-likeness (QED) is 0.725. The van der Waals surface area contributed by atoms with E-state index in [1.807, 2.05) is 24.3 Å². The molecule has 1 aliphatic rings.